The molecule has 0 bridgehead atoms. The molecule has 1 aromatic carbocycles. The monoisotopic (exact) mass is 275 g/mol. The normalized spacial score (nSPS) is 11.1. The molecule has 1 amide bonds. The Bertz CT molecular complexity index is 413. The van der Waals surface area contributed by atoms with E-state index in [-0.39, 0.29) is 0 Å². The molecular formula is C12H15Cl2NO2. The summed E-state index contributed by atoms with van der Waals surface area (Å²) < 4.78 is 5.12. The smallest absolute Gasteiger partial charge is 0.412 e. The van der Waals surface area contributed by atoms with Crippen LogP contribution in [0.4, 0.5) is 10.5 Å². The summed E-state index contributed by atoms with van der Waals surface area (Å²) in [4.78, 5) is 11.5. The van der Waals surface area contributed by atoms with Gasteiger partial charge in [0.15, 0.2) is 0 Å². The summed E-state index contributed by atoms with van der Waals surface area (Å²) in [6.07, 6.45) is -0.530. The van der Waals surface area contributed by atoms with Gasteiger partial charge < -0.3 is 4.74 Å². The molecule has 1 N–H and O–H groups in total. The molecule has 0 radical (unpaired) electrons. The highest BCUT2D eigenvalue weighted by molar-refractivity contribution is 6.33. The first-order valence-electron chi connectivity index (χ1n) is 5.16. The van der Waals surface area contributed by atoms with Gasteiger partial charge in [-0.25, -0.2) is 4.79 Å². The van der Waals surface area contributed by atoms with Crippen molar-refractivity contribution in [2.75, 3.05) is 5.32 Å². The highest BCUT2D eigenvalue weighted by Crippen LogP contribution is 2.24. The molecule has 0 aliphatic carbocycles. The molecule has 94 valence electrons. The quantitative estimate of drug-likeness (QED) is 0.812. The number of benzene rings is 1. The highest BCUT2D eigenvalue weighted by atomic mass is 35.5. The van der Waals surface area contributed by atoms with Crippen LogP contribution in [0.15, 0.2) is 18.2 Å². The van der Waals surface area contributed by atoms with Crippen molar-refractivity contribution in [3.8, 4) is 0 Å². The number of rotatable bonds is 2. The second-order valence-corrected chi connectivity index (χ2v) is 5.25. The van der Waals surface area contributed by atoms with E-state index in [1.165, 1.54) is 0 Å². The summed E-state index contributed by atoms with van der Waals surface area (Å²) in [5.41, 5.74) is 0.869. The van der Waals surface area contributed by atoms with Gasteiger partial charge >= 0.3 is 6.09 Å². The zero-order chi connectivity index (χ0) is 13.1. The Morgan fingerprint density at radius 3 is 2.53 bits per heavy atom. The minimum Gasteiger partial charge on any atom is -0.444 e. The van der Waals surface area contributed by atoms with E-state index in [0.29, 0.717) is 16.6 Å². The molecule has 0 saturated heterocycles. The number of halogens is 2. The van der Waals surface area contributed by atoms with Gasteiger partial charge in [-0.15, -0.1) is 11.6 Å². The van der Waals surface area contributed by atoms with Gasteiger partial charge in [0.1, 0.15) is 5.60 Å². The molecule has 0 spiro atoms. The molecule has 17 heavy (non-hydrogen) atoms. The van der Waals surface area contributed by atoms with E-state index in [1.807, 2.05) is 0 Å². The third kappa shape index (κ3) is 4.84. The van der Waals surface area contributed by atoms with Crippen molar-refractivity contribution in [3.63, 3.8) is 0 Å². The number of amides is 1. The summed E-state index contributed by atoms with van der Waals surface area (Å²) in [5.74, 6) is 0.381. The van der Waals surface area contributed by atoms with Crippen LogP contribution < -0.4 is 5.32 Å². The van der Waals surface area contributed by atoms with Crippen molar-refractivity contribution < 1.29 is 9.53 Å². The predicted octanol–water partition coefficient (Wildman–Crippen LogP) is 4.43. The first-order valence-corrected chi connectivity index (χ1v) is 6.07. The van der Waals surface area contributed by atoms with Gasteiger partial charge in [-0.1, -0.05) is 17.7 Å². The van der Waals surface area contributed by atoms with Crippen LogP contribution in [0.1, 0.15) is 26.3 Å². The third-order valence-electron chi connectivity index (χ3n) is 1.82. The van der Waals surface area contributed by atoms with Crippen LogP contribution in [-0.2, 0) is 10.6 Å². The maximum absolute atomic E-state index is 11.5. The summed E-state index contributed by atoms with van der Waals surface area (Å²) >= 11 is 11.7. The first-order chi connectivity index (χ1) is 7.81. The molecule has 0 atom stereocenters. The van der Waals surface area contributed by atoms with E-state index in [1.54, 1.807) is 39.0 Å². The summed E-state index contributed by atoms with van der Waals surface area (Å²) in [5, 5.41) is 3.02. The lowest BCUT2D eigenvalue weighted by atomic mass is 10.2. The standard InChI is InChI=1S/C12H15Cl2NO2/c1-12(2,3)17-11(16)15-10-5-4-8(7-13)6-9(10)14/h4-6H,7H2,1-3H3,(H,15,16). The van der Waals surface area contributed by atoms with E-state index in [2.05, 4.69) is 5.32 Å². The summed E-state index contributed by atoms with van der Waals surface area (Å²) in [7, 11) is 0. The molecule has 0 fully saturated rings. The lowest BCUT2D eigenvalue weighted by Crippen LogP contribution is -2.27. The third-order valence-corrected chi connectivity index (χ3v) is 2.44. The lowest BCUT2D eigenvalue weighted by Gasteiger charge is -2.20. The first kappa shape index (κ1) is 14.1. The van der Waals surface area contributed by atoms with Crippen molar-refractivity contribution in [2.45, 2.75) is 32.3 Å². The fourth-order valence-corrected chi connectivity index (χ4v) is 1.57. The fourth-order valence-electron chi connectivity index (χ4n) is 1.16. The van der Waals surface area contributed by atoms with Crippen LogP contribution in [0.5, 0.6) is 0 Å². The largest absolute Gasteiger partial charge is 0.444 e. The number of carbonyl (C=O) groups excluding carboxylic acids is 1. The molecule has 0 saturated carbocycles. The summed E-state index contributed by atoms with van der Waals surface area (Å²) in [6.45, 7) is 5.39. The zero-order valence-corrected chi connectivity index (χ0v) is 11.5. The van der Waals surface area contributed by atoms with Crippen LogP contribution in [0.3, 0.4) is 0 Å². The molecule has 0 unspecified atom stereocenters. The molecule has 0 aromatic heterocycles. The molecule has 1 aromatic rings. The Hall–Kier alpha value is -0.930. The fraction of sp³-hybridized carbons (Fsp3) is 0.417. The second kappa shape index (κ2) is 5.61. The van der Waals surface area contributed by atoms with Crippen LogP contribution in [0.25, 0.3) is 0 Å². The molecule has 0 heterocycles. The maximum atomic E-state index is 11.5. The maximum Gasteiger partial charge on any atom is 0.412 e. The Morgan fingerprint density at radius 1 is 1.41 bits per heavy atom. The Kier molecular flexibility index (Phi) is 4.66. The zero-order valence-electron chi connectivity index (χ0n) is 10.0. The van der Waals surface area contributed by atoms with Crippen LogP contribution in [-0.4, -0.2) is 11.7 Å². The second-order valence-electron chi connectivity index (χ2n) is 4.57. The number of nitrogens with one attached hydrogen (secondary N) is 1. The number of anilines is 1. The van der Waals surface area contributed by atoms with Gasteiger partial charge in [-0.2, -0.15) is 0 Å². The van der Waals surface area contributed by atoms with Crippen LogP contribution in [0.2, 0.25) is 5.02 Å². The Morgan fingerprint density at radius 2 is 2.06 bits per heavy atom. The van der Waals surface area contributed by atoms with Crippen molar-refractivity contribution >= 4 is 35.0 Å². The SMILES string of the molecule is CC(C)(C)OC(=O)Nc1ccc(CCl)cc1Cl. The number of alkyl halides is 1. The molecule has 1 rings (SSSR count). The minimum atomic E-state index is -0.535. The highest BCUT2D eigenvalue weighted by Gasteiger charge is 2.16. The van der Waals surface area contributed by atoms with E-state index < -0.39 is 11.7 Å². The van der Waals surface area contributed by atoms with Gasteiger partial charge in [0.2, 0.25) is 0 Å². The average Bonchev–Trinajstić information content (AvgIpc) is 2.18. The number of hydrogen-bond acceptors (Lipinski definition) is 2. The van der Waals surface area contributed by atoms with E-state index in [0.717, 1.165) is 5.56 Å². The molecule has 3 nitrogen and oxygen atoms in total. The van der Waals surface area contributed by atoms with E-state index >= 15 is 0 Å². The number of hydrogen-bond donors (Lipinski definition) is 1. The predicted molar refractivity (Wildman–Crippen MR) is 70.9 cm³/mol. The molecule has 0 aliphatic heterocycles. The van der Waals surface area contributed by atoms with Crippen molar-refractivity contribution in [1.29, 1.82) is 0 Å². The van der Waals surface area contributed by atoms with Gasteiger partial charge in [-0.05, 0) is 38.5 Å². The molecule has 0 aliphatic rings. The van der Waals surface area contributed by atoms with Gasteiger partial charge in [0, 0.05) is 5.88 Å². The van der Waals surface area contributed by atoms with Crippen molar-refractivity contribution in [2.24, 2.45) is 0 Å². The minimum absolute atomic E-state index is 0.381. The topological polar surface area (TPSA) is 38.3 Å². The number of carbonyl (C=O) groups is 1. The van der Waals surface area contributed by atoms with Crippen LogP contribution >= 0.6 is 23.2 Å². The van der Waals surface area contributed by atoms with E-state index in [4.69, 9.17) is 27.9 Å². The van der Waals surface area contributed by atoms with Crippen molar-refractivity contribution in [3.05, 3.63) is 28.8 Å². The van der Waals surface area contributed by atoms with Crippen LogP contribution in [0, 0.1) is 0 Å². The Labute approximate surface area is 111 Å². The Balaban J connectivity index is 2.72. The van der Waals surface area contributed by atoms with E-state index in [9.17, 15) is 4.79 Å². The lowest BCUT2D eigenvalue weighted by molar-refractivity contribution is 0.0636. The molecule has 5 heteroatoms. The number of ether oxygens (including phenoxy) is 1. The molecular weight excluding hydrogens is 261 g/mol. The van der Waals surface area contributed by atoms with Gasteiger partial charge in [0.25, 0.3) is 0 Å². The summed E-state index contributed by atoms with van der Waals surface area (Å²) in [6, 6.07) is 5.21. The average molecular weight is 276 g/mol. The van der Waals surface area contributed by atoms with Crippen molar-refractivity contribution in [1.82, 2.24) is 0 Å². The van der Waals surface area contributed by atoms with Gasteiger partial charge in [-0.3, -0.25) is 5.32 Å². The van der Waals surface area contributed by atoms with Gasteiger partial charge in [0.05, 0.1) is 10.7 Å².